The quantitative estimate of drug-likeness (QED) is 0.698. The van der Waals surface area contributed by atoms with Crippen molar-refractivity contribution in [3.05, 3.63) is 36.4 Å². The normalized spacial score (nSPS) is 10.7. The average Bonchev–Trinajstić information content (AvgIpc) is 2.85. The first-order valence-corrected chi connectivity index (χ1v) is 5.01. The van der Waals surface area contributed by atoms with Crippen molar-refractivity contribution in [2.45, 2.75) is 13.0 Å². The largest absolute Gasteiger partial charge is 0.348 e. The van der Waals surface area contributed by atoms with E-state index in [1.807, 2.05) is 30.2 Å². The summed E-state index contributed by atoms with van der Waals surface area (Å²) < 4.78 is 2.04. The minimum Gasteiger partial charge on any atom is -0.348 e. The number of nitrogens with zero attached hydrogens (tertiary/aromatic N) is 3. The Kier molecular flexibility index (Phi) is 3.14. The second kappa shape index (κ2) is 4.75. The van der Waals surface area contributed by atoms with Crippen LogP contribution in [0.15, 0.2) is 24.8 Å². The third-order valence-electron chi connectivity index (χ3n) is 2.29. The van der Waals surface area contributed by atoms with Crippen LogP contribution in [0.1, 0.15) is 11.6 Å². The second-order valence-corrected chi connectivity index (χ2v) is 3.42. The van der Waals surface area contributed by atoms with Crippen molar-refractivity contribution in [3.63, 3.8) is 0 Å². The molecule has 0 bridgehead atoms. The van der Waals surface area contributed by atoms with Gasteiger partial charge in [0.15, 0.2) is 0 Å². The van der Waals surface area contributed by atoms with Crippen LogP contribution in [0.2, 0.25) is 0 Å². The zero-order valence-electron chi connectivity index (χ0n) is 8.77. The number of hydrogen-bond donors (Lipinski definition) is 2. The molecule has 2 aromatic rings. The Morgan fingerprint density at radius 2 is 2.33 bits per heavy atom. The van der Waals surface area contributed by atoms with Gasteiger partial charge in [0, 0.05) is 44.8 Å². The highest BCUT2D eigenvalue weighted by Gasteiger charge is 1.98. The summed E-state index contributed by atoms with van der Waals surface area (Å²) in [5.41, 5.74) is 0. The summed E-state index contributed by atoms with van der Waals surface area (Å²) >= 11 is 0. The lowest BCUT2D eigenvalue weighted by molar-refractivity contribution is 0.639. The summed E-state index contributed by atoms with van der Waals surface area (Å²) in [5, 5.41) is 3.31. The molecule has 80 valence electrons. The Balaban J connectivity index is 1.70. The molecule has 0 amide bonds. The number of imidazole rings is 2. The van der Waals surface area contributed by atoms with E-state index in [9.17, 15) is 0 Å². The van der Waals surface area contributed by atoms with Crippen molar-refractivity contribution >= 4 is 0 Å². The van der Waals surface area contributed by atoms with Gasteiger partial charge in [-0.3, -0.25) is 0 Å². The van der Waals surface area contributed by atoms with E-state index < -0.39 is 0 Å². The molecule has 0 saturated carbocycles. The van der Waals surface area contributed by atoms with Gasteiger partial charge in [0.2, 0.25) is 0 Å². The predicted molar refractivity (Wildman–Crippen MR) is 57.2 cm³/mol. The lowest BCUT2D eigenvalue weighted by Crippen LogP contribution is -2.18. The highest BCUT2D eigenvalue weighted by atomic mass is 15.0. The fraction of sp³-hybridized carbons (Fsp3) is 0.400. The Hall–Kier alpha value is -1.62. The molecule has 0 spiro atoms. The second-order valence-electron chi connectivity index (χ2n) is 3.42. The first kappa shape index (κ1) is 9.92. The smallest absolute Gasteiger partial charge is 0.120 e. The van der Waals surface area contributed by atoms with Crippen LogP contribution in [0.4, 0.5) is 0 Å². The molecule has 0 atom stereocenters. The summed E-state index contributed by atoms with van der Waals surface area (Å²) in [4.78, 5) is 11.4. The summed E-state index contributed by atoms with van der Waals surface area (Å²) in [7, 11) is 2.01. The Morgan fingerprint density at radius 1 is 1.40 bits per heavy atom. The molecule has 0 saturated heterocycles. The number of aryl methyl sites for hydroxylation is 1. The Morgan fingerprint density at radius 3 is 3.00 bits per heavy atom. The van der Waals surface area contributed by atoms with Crippen molar-refractivity contribution in [2.75, 3.05) is 6.54 Å². The molecule has 0 unspecified atom stereocenters. The van der Waals surface area contributed by atoms with Gasteiger partial charge in [-0.1, -0.05) is 0 Å². The molecule has 0 aliphatic carbocycles. The van der Waals surface area contributed by atoms with E-state index in [2.05, 4.69) is 20.3 Å². The third kappa shape index (κ3) is 2.66. The van der Waals surface area contributed by atoms with Gasteiger partial charge >= 0.3 is 0 Å². The maximum absolute atomic E-state index is 4.25. The van der Waals surface area contributed by atoms with E-state index in [1.54, 1.807) is 6.20 Å². The van der Waals surface area contributed by atoms with Gasteiger partial charge in [-0.05, 0) is 0 Å². The molecule has 0 radical (unpaired) electrons. The van der Waals surface area contributed by atoms with E-state index in [4.69, 9.17) is 0 Å². The number of aromatic nitrogens is 4. The molecule has 0 aliphatic rings. The summed E-state index contributed by atoms with van der Waals surface area (Å²) in [6.07, 6.45) is 8.31. The van der Waals surface area contributed by atoms with E-state index >= 15 is 0 Å². The van der Waals surface area contributed by atoms with Gasteiger partial charge < -0.3 is 14.9 Å². The molecule has 2 N–H and O–H groups in total. The minimum atomic E-state index is 0.775. The minimum absolute atomic E-state index is 0.775. The molecule has 15 heavy (non-hydrogen) atoms. The van der Waals surface area contributed by atoms with Crippen LogP contribution in [0.25, 0.3) is 0 Å². The lowest BCUT2D eigenvalue weighted by atomic mass is 10.4. The van der Waals surface area contributed by atoms with Crippen LogP contribution in [0.3, 0.4) is 0 Å². The monoisotopic (exact) mass is 205 g/mol. The molecular formula is C10H15N5. The zero-order valence-corrected chi connectivity index (χ0v) is 8.77. The highest BCUT2D eigenvalue weighted by molar-refractivity contribution is 4.92. The first-order chi connectivity index (χ1) is 7.36. The van der Waals surface area contributed by atoms with E-state index in [1.165, 1.54) is 0 Å². The summed E-state index contributed by atoms with van der Waals surface area (Å²) in [6, 6.07) is 0. The van der Waals surface area contributed by atoms with Crippen LogP contribution in [0.5, 0.6) is 0 Å². The molecule has 2 rings (SSSR count). The van der Waals surface area contributed by atoms with E-state index in [0.29, 0.717) is 0 Å². The van der Waals surface area contributed by atoms with Gasteiger partial charge in [0.1, 0.15) is 11.6 Å². The summed E-state index contributed by atoms with van der Waals surface area (Å²) in [5.74, 6) is 2.07. The number of hydrogen-bond acceptors (Lipinski definition) is 3. The van der Waals surface area contributed by atoms with Crippen LogP contribution < -0.4 is 5.32 Å². The number of rotatable bonds is 5. The molecule has 2 heterocycles. The third-order valence-corrected chi connectivity index (χ3v) is 2.29. The topological polar surface area (TPSA) is 58.5 Å². The van der Waals surface area contributed by atoms with Crippen LogP contribution in [-0.2, 0) is 20.0 Å². The van der Waals surface area contributed by atoms with Crippen molar-refractivity contribution in [1.29, 1.82) is 0 Å². The van der Waals surface area contributed by atoms with Gasteiger partial charge in [-0.2, -0.15) is 0 Å². The van der Waals surface area contributed by atoms with Crippen molar-refractivity contribution in [1.82, 2.24) is 24.8 Å². The molecule has 0 aliphatic heterocycles. The number of H-pyrrole nitrogens is 1. The fourth-order valence-electron chi connectivity index (χ4n) is 1.44. The predicted octanol–water partition coefficient (Wildman–Crippen LogP) is 0.475. The molecular weight excluding hydrogens is 190 g/mol. The van der Waals surface area contributed by atoms with Gasteiger partial charge in [-0.25, -0.2) is 9.97 Å². The van der Waals surface area contributed by atoms with E-state index in [-0.39, 0.29) is 0 Å². The van der Waals surface area contributed by atoms with Crippen LogP contribution in [0, 0.1) is 0 Å². The molecule has 5 heteroatoms. The van der Waals surface area contributed by atoms with Crippen LogP contribution in [-0.4, -0.2) is 26.1 Å². The van der Waals surface area contributed by atoms with Gasteiger partial charge in [-0.15, -0.1) is 0 Å². The lowest BCUT2D eigenvalue weighted by Gasteiger charge is -2.03. The standard InChI is InChI=1S/C10H15N5/c1-15-7-6-14-10(15)2-3-11-8-9-12-4-5-13-9/h4-7,11H,2-3,8H2,1H3,(H,12,13). The average molecular weight is 205 g/mol. The number of aromatic amines is 1. The molecule has 0 aromatic carbocycles. The molecule has 5 nitrogen and oxygen atoms in total. The van der Waals surface area contributed by atoms with Gasteiger partial charge in [0.25, 0.3) is 0 Å². The fourth-order valence-corrected chi connectivity index (χ4v) is 1.44. The maximum Gasteiger partial charge on any atom is 0.120 e. The summed E-state index contributed by atoms with van der Waals surface area (Å²) in [6.45, 7) is 1.68. The zero-order chi connectivity index (χ0) is 10.5. The van der Waals surface area contributed by atoms with Gasteiger partial charge in [0.05, 0.1) is 6.54 Å². The number of nitrogens with one attached hydrogen (secondary N) is 2. The first-order valence-electron chi connectivity index (χ1n) is 5.01. The molecule has 0 fully saturated rings. The Bertz CT molecular complexity index is 390. The van der Waals surface area contributed by atoms with Crippen molar-refractivity contribution in [2.24, 2.45) is 7.05 Å². The SMILES string of the molecule is Cn1ccnc1CCNCc1ncc[nH]1. The Labute approximate surface area is 88.6 Å². The highest BCUT2D eigenvalue weighted by Crippen LogP contribution is 1.94. The van der Waals surface area contributed by atoms with E-state index in [0.717, 1.165) is 31.2 Å². The van der Waals surface area contributed by atoms with Crippen molar-refractivity contribution in [3.8, 4) is 0 Å². The van der Waals surface area contributed by atoms with Crippen molar-refractivity contribution < 1.29 is 0 Å². The molecule has 2 aromatic heterocycles. The maximum atomic E-state index is 4.25. The van der Waals surface area contributed by atoms with Crippen LogP contribution >= 0.6 is 0 Å².